The van der Waals surface area contributed by atoms with Gasteiger partial charge in [-0.1, -0.05) is 42.5 Å². The normalized spacial score (nSPS) is 24.3. The smallest absolute Gasteiger partial charge is 0.260 e. The number of amides is 3. The standard InChI is InChI=1S/C29H35N3O4/c33-27(20-36-24-11-3-1-4-12-24)32-15-8-2-7-14-30-28(34)25-17-23(18-26(25)32)29(35)31-16-13-21-9-5-6-10-22(21)19-31/h1,3-6,9-12,23,25-26H,2,7-8,13-20H2,(H,30,34)/t23-,25-,26+/m0/s1. The minimum atomic E-state index is -0.380. The van der Waals surface area contributed by atoms with Gasteiger partial charge in [0.25, 0.3) is 5.91 Å². The summed E-state index contributed by atoms with van der Waals surface area (Å²) < 4.78 is 5.76. The Balaban J connectivity index is 1.31. The van der Waals surface area contributed by atoms with Crippen molar-refractivity contribution in [2.24, 2.45) is 11.8 Å². The first-order valence-electron chi connectivity index (χ1n) is 13.2. The maximum Gasteiger partial charge on any atom is 0.260 e. The van der Waals surface area contributed by atoms with E-state index in [-0.39, 0.29) is 42.2 Å². The number of nitrogens with zero attached hydrogens (tertiary/aromatic N) is 2. The van der Waals surface area contributed by atoms with Crippen molar-refractivity contribution < 1.29 is 19.1 Å². The van der Waals surface area contributed by atoms with Crippen LogP contribution in [0.3, 0.4) is 0 Å². The summed E-state index contributed by atoms with van der Waals surface area (Å²) in [6, 6.07) is 17.3. The Bertz CT molecular complexity index is 1090. The number of carbonyl (C=O) groups is 3. The van der Waals surface area contributed by atoms with Gasteiger partial charge < -0.3 is 19.9 Å². The minimum Gasteiger partial charge on any atom is -0.484 e. The van der Waals surface area contributed by atoms with Gasteiger partial charge in [0.2, 0.25) is 11.8 Å². The summed E-state index contributed by atoms with van der Waals surface area (Å²) in [5.41, 5.74) is 2.50. The Kier molecular flexibility index (Phi) is 7.54. The highest BCUT2D eigenvalue weighted by Gasteiger charge is 2.46. The molecule has 5 rings (SSSR count). The van der Waals surface area contributed by atoms with Crippen molar-refractivity contribution in [2.75, 3.05) is 26.2 Å². The molecule has 0 bridgehead atoms. The van der Waals surface area contributed by atoms with Crippen LogP contribution in [-0.4, -0.2) is 59.8 Å². The largest absolute Gasteiger partial charge is 0.484 e. The highest BCUT2D eigenvalue weighted by atomic mass is 16.5. The minimum absolute atomic E-state index is 0.0389. The highest BCUT2D eigenvalue weighted by Crippen LogP contribution is 2.37. The third kappa shape index (κ3) is 5.40. The monoisotopic (exact) mass is 489 g/mol. The first-order chi connectivity index (χ1) is 17.6. The molecule has 2 heterocycles. The average molecular weight is 490 g/mol. The van der Waals surface area contributed by atoms with Gasteiger partial charge in [-0.15, -0.1) is 0 Å². The molecule has 36 heavy (non-hydrogen) atoms. The van der Waals surface area contributed by atoms with Crippen molar-refractivity contribution in [3.8, 4) is 5.75 Å². The van der Waals surface area contributed by atoms with Gasteiger partial charge in [0.1, 0.15) is 5.75 Å². The molecule has 1 N–H and O–H groups in total. The SMILES string of the molecule is O=C1NCCCCCN(C(=O)COc2ccccc2)[C@@H]2C[C@@H](C(=O)N3CCc4ccccc4C3)C[C@H]12. The number of para-hydroxylation sites is 1. The van der Waals surface area contributed by atoms with Crippen molar-refractivity contribution in [3.63, 3.8) is 0 Å². The van der Waals surface area contributed by atoms with E-state index >= 15 is 0 Å². The molecule has 0 radical (unpaired) electrons. The number of hydrogen-bond acceptors (Lipinski definition) is 4. The molecule has 2 fully saturated rings. The fraction of sp³-hybridized carbons (Fsp3) is 0.483. The average Bonchev–Trinajstić information content (AvgIpc) is 3.36. The lowest BCUT2D eigenvalue weighted by Crippen LogP contribution is -2.49. The number of rotatable bonds is 4. The van der Waals surface area contributed by atoms with Crippen LogP contribution in [-0.2, 0) is 27.3 Å². The molecule has 7 heteroatoms. The maximum atomic E-state index is 13.6. The molecule has 0 aromatic heterocycles. The topological polar surface area (TPSA) is 79.0 Å². The molecule has 2 aliphatic heterocycles. The summed E-state index contributed by atoms with van der Waals surface area (Å²) in [7, 11) is 0. The van der Waals surface area contributed by atoms with E-state index in [1.54, 1.807) is 0 Å². The Morgan fingerprint density at radius 3 is 2.53 bits per heavy atom. The summed E-state index contributed by atoms with van der Waals surface area (Å²) >= 11 is 0. The Labute approximate surface area is 212 Å². The number of benzene rings is 2. The molecule has 190 valence electrons. The van der Waals surface area contributed by atoms with Crippen LogP contribution in [0.15, 0.2) is 54.6 Å². The molecular formula is C29H35N3O4. The lowest BCUT2D eigenvalue weighted by Gasteiger charge is -2.34. The fourth-order valence-electron chi connectivity index (χ4n) is 5.93. The van der Waals surface area contributed by atoms with Crippen LogP contribution in [0, 0.1) is 11.8 Å². The van der Waals surface area contributed by atoms with Crippen LogP contribution in [0.25, 0.3) is 0 Å². The lowest BCUT2D eigenvalue weighted by molar-refractivity contribution is -0.139. The molecular weight excluding hydrogens is 454 g/mol. The van der Waals surface area contributed by atoms with Gasteiger partial charge in [-0.05, 0) is 61.8 Å². The predicted octanol–water partition coefficient (Wildman–Crippen LogP) is 3.17. The lowest BCUT2D eigenvalue weighted by atomic mass is 9.97. The fourth-order valence-corrected chi connectivity index (χ4v) is 5.93. The molecule has 0 spiro atoms. The van der Waals surface area contributed by atoms with Gasteiger partial charge in [-0.2, -0.15) is 0 Å². The molecule has 1 aliphatic carbocycles. The molecule has 2 aromatic rings. The molecule has 2 aromatic carbocycles. The number of carbonyl (C=O) groups excluding carboxylic acids is 3. The van der Waals surface area contributed by atoms with E-state index in [1.165, 1.54) is 11.1 Å². The molecule has 3 atom stereocenters. The zero-order valence-electron chi connectivity index (χ0n) is 20.7. The van der Waals surface area contributed by atoms with E-state index in [0.29, 0.717) is 44.8 Å². The van der Waals surface area contributed by atoms with Crippen molar-refractivity contribution in [3.05, 3.63) is 65.7 Å². The van der Waals surface area contributed by atoms with Crippen molar-refractivity contribution in [2.45, 2.75) is 51.1 Å². The molecule has 1 saturated carbocycles. The summed E-state index contributed by atoms with van der Waals surface area (Å²) in [5.74, 6) is -0.0548. The van der Waals surface area contributed by atoms with Crippen molar-refractivity contribution in [1.82, 2.24) is 15.1 Å². The van der Waals surface area contributed by atoms with E-state index in [4.69, 9.17) is 4.74 Å². The number of hydrogen-bond donors (Lipinski definition) is 1. The van der Waals surface area contributed by atoms with E-state index in [2.05, 4.69) is 17.4 Å². The van der Waals surface area contributed by atoms with E-state index in [1.807, 2.05) is 52.3 Å². The molecule has 3 amide bonds. The first kappa shape index (κ1) is 24.3. The zero-order valence-corrected chi connectivity index (χ0v) is 20.7. The van der Waals surface area contributed by atoms with Gasteiger partial charge in [0.05, 0.1) is 5.92 Å². The number of ether oxygens (including phenoxy) is 1. The van der Waals surface area contributed by atoms with Gasteiger partial charge >= 0.3 is 0 Å². The summed E-state index contributed by atoms with van der Waals surface area (Å²) in [4.78, 5) is 43.9. The molecule has 3 aliphatic rings. The second kappa shape index (κ2) is 11.1. The highest BCUT2D eigenvalue weighted by molar-refractivity contribution is 5.86. The molecule has 7 nitrogen and oxygen atoms in total. The van der Waals surface area contributed by atoms with Gasteiger partial charge in [-0.3, -0.25) is 14.4 Å². The Morgan fingerprint density at radius 1 is 0.917 bits per heavy atom. The molecule has 1 saturated heterocycles. The van der Waals surface area contributed by atoms with Crippen LogP contribution in [0.2, 0.25) is 0 Å². The molecule has 0 unspecified atom stereocenters. The zero-order chi connectivity index (χ0) is 24.9. The van der Waals surface area contributed by atoms with Crippen LogP contribution < -0.4 is 10.1 Å². The third-order valence-corrected chi connectivity index (χ3v) is 7.86. The van der Waals surface area contributed by atoms with Crippen LogP contribution in [0.5, 0.6) is 5.75 Å². The summed E-state index contributed by atoms with van der Waals surface area (Å²) in [6.07, 6.45) is 4.56. The predicted molar refractivity (Wildman–Crippen MR) is 136 cm³/mol. The van der Waals surface area contributed by atoms with Crippen molar-refractivity contribution in [1.29, 1.82) is 0 Å². The summed E-state index contributed by atoms with van der Waals surface area (Å²) in [5, 5.41) is 3.06. The van der Waals surface area contributed by atoms with Gasteiger partial charge in [-0.25, -0.2) is 0 Å². The van der Waals surface area contributed by atoms with Crippen LogP contribution >= 0.6 is 0 Å². The van der Waals surface area contributed by atoms with Gasteiger partial charge in [0, 0.05) is 38.1 Å². The first-order valence-corrected chi connectivity index (χ1v) is 13.2. The Morgan fingerprint density at radius 2 is 1.69 bits per heavy atom. The van der Waals surface area contributed by atoms with E-state index < -0.39 is 0 Å². The Hall–Kier alpha value is -3.35. The summed E-state index contributed by atoms with van der Waals surface area (Å²) in [6.45, 7) is 2.47. The number of fused-ring (bicyclic) bond motifs is 2. The second-order valence-electron chi connectivity index (χ2n) is 10.2. The number of nitrogens with one attached hydrogen (secondary N) is 1. The van der Waals surface area contributed by atoms with Crippen LogP contribution in [0.1, 0.15) is 43.2 Å². The third-order valence-electron chi connectivity index (χ3n) is 7.86. The second-order valence-corrected chi connectivity index (χ2v) is 10.2. The maximum absolute atomic E-state index is 13.6. The van der Waals surface area contributed by atoms with Crippen molar-refractivity contribution >= 4 is 17.7 Å². The van der Waals surface area contributed by atoms with Crippen LogP contribution in [0.4, 0.5) is 0 Å². The van der Waals surface area contributed by atoms with Gasteiger partial charge in [0.15, 0.2) is 6.61 Å². The van der Waals surface area contributed by atoms with E-state index in [9.17, 15) is 14.4 Å². The van der Waals surface area contributed by atoms with E-state index in [0.717, 1.165) is 25.7 Å². The quantitative estimate of drug-likeness (QED) is 0.716.